The van der Waals surface area contributed by atoms with Gasteiger partial charge in [-0.1, -0.05) is 52.8 Å². The average molecular weight is 365 g/mol. The van der Waals surface area contributed by atoms with Crippen LogP contribution in [0.4, 0.5) is 0 Å². The van der Waals surface area contributed by atoms with Crippen LogP contribution in [0.5, 0.6) is 0 Å². The number of hydrogen-bond donors (Lipinski definition) is 0. The second-order valence-corrected chi connectivity index (χ2v) is 7.24. The van der Waals surface area contributed by atoms with Crippen LogP contribution in [0.2, 0.25) is 0 Å². The number of rotatable bonds is 4. The fourth-order valence-corrected chi connectivity index (χ4v) is 3.15. The van der Waals surface area contributed by atoms with Gasteiger partial charge in [-0.2, -0.15) is 8.42 Å². The molecule has 0 aliphatic rings. The van der Waals surface area contributed by atoms with Gasteiger partial charge in [-0.3, -0.25) is 4.28 Å². The van der Waals surface area contributed by atoms with Crippen LogP contribution in [0.15, 0.2) is 69.5 Å². The van der Waals surface area contributed by atoms with Gasteiger partial charge < -0.3 is 4.74 Å². The Morgan fingerprint density at radius 2 is 1.67 bits per heavy atom. The first-order valence-electron chi connectivity index (χ1n) is 6.82. The lowest BCUT2D eigenvalue weighted by atomic mass is 10.2. The first kappa shape index (κ1) is 18.0. The number of nitrogens with zero attached hydrogens (tertiary/aromatic N) is 1. The number of esters is 1. The maximum atomic E-state index is 12.1. The zero-order valence-electron chi connectivity index (χ0n) is 13.0. The molecule has 0 saturated carbocycles. The van der Waals surface area contributed by atoms with Crippen LogP contribution < -0.4 is 0 Å². The van der Waals surface area contributed by atoms with Crippen molar-refractivity contribution in [2.75, 3.05) is 7.11 Å². The summed E-state index contributed by atoms with van der Waals surface area (Å²) in [6.45, 7) is 1.93. The Balaban J connectivity index is 2.23. The average Bonchev–Trinajstić information content (AvgIpc) is 2.60. The molecule has 0 heterocycles. The summed E-state index contributed by atoms with van der Waals surface area (Å²) >= 11 is 0.952. The third-order valence-corrected chi connectivity index (χ3v) is 4.91. The summed E-state index contributed by atoms with van der Waals surface area (Å²) in [6, 6.07) is 14.8. The minimum Gasteiger partial charge on any atom is -0.464 e. The predicted octanol–water partition coefficient (Wildman–Crippen LogP) is 2.98. The van der Waals surface area contributed by atoms with Gasteiger partial charge in [0.05, 0.1) is 7.11 Å². The van der Waals surface area contributed by atoms with Crippen LogP contribution in [0.1, 0.15) is 5.56 Å². The molecule has 0 aliphatic carbocycles. The SMILES string of the molecule is COC(=O)C(=NOS(=O)(=O)c1ccccc1)Sc1ccc(C)cc1. The van der Waals surface area contributed by atoms with Gasteiger partial charge in [0.1, 0.15) is 4.90 Å². The van der Waals surface area contributed by atoms with Crippen LogP contribution in [0, 0.1) is 6.92 Å². The Bertz CT molecular complexity index is 831. The van der Waals surface area contributed by atoms with Crippen molar-refractivity contribution in [1.29, 1.82) is 0 Å². The minimum absolute atomic E-state index is 0.0571. The predicted molar refractivity (Wildman–Crippen MR) is 91.2 cm³/mol. The maximum absolute atomic E-state index is 12.1. The number of aryl methyl sites for hydroxylation is 1. The summed E-state index contributed by atoms with van der Waals surface area (Å²) in [5, 5.41) is 3.26. The molecule has 0 unspecified atom stereocenters. The summed E-state index contributed by atoms with van der Waals surface area (Å²) in [5.41, 5.74) is 1.05. The summed E-state index contributed by atoms with van der Waals surface area (Å²) < 4.78 is 33.4. The molecule has 0 N–H and O–H groups in total. The molecule has 0 aromatic heterocycles. The highest BCUT2D eigenvalue weighted by Gasteiger charge is 2.20. The third kappa shape index (κ3) is 4.84. The molecule has 0 bridgehead atoms. The van der Waals surface area contributed by atoms with E-state index in [4.69, 9.17) is 0 Å². The van der Waals surface area contributed by atoms with Gasteiger partial charge in [0, 0.05) is 4.90 Å². The summed E-state index contributed by atoms with van der Waals surface area (Å²) in [6.07, 6.45) is 0. The molecule has 8 heteroatoms. The molecule has 2 rings (SSSR count). The normalized spacial score (nSPS) is 11.8. The molecule has 0 amide bonds. The molecule has 0 saturated heterocycles. The third-order valence-electron chi connectivity index (χ3n) is 2.85. The van der Waals surface area contributed by atoms with E-state index in [2.05, 4.69) is 14.2 Å². The van der Waals surface area contributed by atoms with Crippen molar-refractivity contribution in [3.63, 3.8) is 0 Å². The smallest absolute Gasteiger partial charge is 0.367 e. The van der Waals surface area contributed by atoms with E-state index in [1.54, 1.807) is 30.3 Å². The zero-order valence-corrected chi connectivity index (χ0v) is 14.6. The molecule has 0 aliphatic heterocycles. The molecular weight excluding hydrogens is 350 g/mol. The standard InChI is InChI=1S/C16H15NO5S2/c1-12-8-10-13(11-9-12)23-15(16(18)21-2)17-22-24(19,20)14-6-4-3-5-7-14/h3-11H,1-2H3. The fraction of sp³-hybridized carbons (Fsp3) is 0.125. The van der Waals surface area contributed by atoms with Gasteiger partial charge in [0.2, 0.25) is 5.04 Å². The summed E-state index contributed by atoms with van der Waals surface area (Å²) in [4.78, 5) is 12.4. The molecule has 0 spiro atoms. The molecule has 0 radical (unpaired) electrons. The summed E-state index contributed by atoms with van der Waals surface area (Å²) in [7, 11) is -2.92. The van der Waals surface area contributed by atoms with Crippen LogP contribution >= 0.6 is 11.8 Å². The highest BCUT2D eigenvalue weighted by Crippen LogP contribution is 2.22. The molecule has 2 aromatic carbocycles. The monoisotopic (exact) mass is 365 g/mol. The topological polar surface area (TPSA) is 82.0 Å². The van der Waals surface area contributed by atoms with Gasteiger partial charge >= 0.3 is 16.1 Å². The molecule has 0 fully saturated rings. The highest BCUT2D eigenvalue weighted by molar-refractivity contribution is 8.15. The minimum atomic E-state index is -4.10. The van der Waals surface area contributed by atoms with Gasteiger partial charge in [-0.25, -0.2) is 4.79 Å². The number of hydrogen-bond acceptors (Lipinski definition) is 7. The number of carbonyl (C=O) groups is 1. The molecule has 126 valence electrons. The highest BCUT2D eigenvalue weighted by atomic mass is 32.2. The van der Waals surface area contributed by atoms with Crippen LogP contribution in [0.3, 0.4) is 0 Å². The Hall–Kier alpha value is -2.32. The van der Waals surface area contributed by atoms with E-state index in [0.717, 1.165) is 17.3 Å². The number of oxime groups is 1. The Morgan fingerprint density at radius 1 is 1.04 bits per heavy atom. The number of carbonyl (C=O) groups excluding carboxylic acids is 1. The number of ether oxygens (including phenoxy) is 1. The molecule has 6 nitrogen and oxygen atoms in total. The van der Waals surface area contributed by atoms with Gasteiger partial charge in [0.25, 0.3) is 0 Å². The van der Waals surface area contributed by atoms with E-state index < -0.39 is 16.1 Å². The van der Waals surface area contributed by atoms with Gasteiger partial charge in [-0.15, -0.1) is 0 Å². The summed E-state index contributed by atoms with van der Waals surface area (Å²) in [5.74, 6) is -0.788. The van der Waals surface area contributed by atoms with E-state index >= 15 is 0 Å². The van der Waals surface area contributed by atoms with Crippen LogP contribution in [0.25, 0.3) is 0 Å². The van der Waals surface area contributed by atoms with Crippen molar-refractivity contribution >= 4 is 32.9 Å². The largest absolute Gasteiger partial charge is 0.464 e. The van der Waals surface area contributed by atoms with E-state index in [-0.39, 0.29) is 9.94 Å². The van der Waals surface area contributed by atoms with Gasteiger partial charge in [0.15, 0.2) is 0 Å². The molecule has 24 heavy (non-hydrogen) atoms. The lowest BCUT2D eigenvalue weighted by molar-refractivity contribution is -0.132. The van der Waals surface area contributed by atoms with Crippen molar-refractivity contribution in [1.82, 2.24) is 0 Å². The first-order chi connectivity index (χ1) is 11.4. The first-order valence-corrected chi connectivity index (χ1v) is 9.04. The van der Waals surface area contributed by atoms with E-state index in [9.17, 15) is 13.2 Å². The van der Waals surface area contributed by atoms with Crippen LogP contribution in [-0.4, -0.2) is 26.5 Å². The Labute approximate surface area is 144 Å². The lowest BCUT2D eigenvalue weighted by Gasteiger charge is -2.05. The Morgan fingerprint density at radius 3 is 2.25 bits per heavy atom. The van der Waals surface area contributed by atoms with Crippen molar-refractivity contribution in [2.24, 2.45) is 5.16 Å². The number of thioether (sulfide) groups is 1. The molecule has 2 aromatic rings. The second-order valence-electron chi connectivity index (χ2n) is 4.64. The van der Waals surface area contributed by atoms with E-state index in [1.807, 2.05) is 19.1 Å². The zero-order chi connectivity index (χ0) is 17.6. The fourth-order valence-electron chi connectivity index (χ4n) is 1.62. The maximum Gasteiger partial charge on any atom is 0.367 e. The van der Waals surface area contributed by atoms with Crippen molar-refractivity contribution < 1.29 is 22.2 Å². The number of benzene rings is 2. The van der Waals surface area contributed by atoms with E-state index in [0.29, 0.717) is 4.90 Å². The molecular formula is C16H15NO5S2. The van der Waals surface area contributed by atoms with Crippen molar-refractivity contribution in [2.45, 2.75) is 16.7 Å². The van der Waals surface area contributed by atoms with E-state index in [1.165, 1.54) is 19.2 Å². The van der Waals surface area contributed by atoms with Crippen molar-refractivity contribution in [3.8, 4) is 0 Å². The quantitative estimate of drug-likeness (QED) is 0.272. The molecule has 0 atom stereocenters. The van der Waals surface area contributed by atoms with Gasteiger partial charge in [-0.05, 0) is 31.2 Å². The van der Waals surface area contributed by atoms with Crippen molar-refractivity contribution in [3.05, 3.63) is 60.2 Å². The lowest BCUT2D eigenvalue weighted by Crippen LogP contribution is -2.14. The van der Waals surface area contributed by atoms with Crippen LogP contribution in [-0.2, 0) is 23.9 Å². The number of methoxy groups -OCH3 is 1. The second kappa shape index (κ2) is 7.98. The Kier molecular flexibility index (Phi) is 5.99.